The maximum Gasteiger partial charge on any atom is 0.422 e. The Hall–Kier alpha value is -2.91. The quantitative estimate of drug-likeness (QED) is 0.417. The maximum atomic E-state index is 12.4. The van der Waals surface area contributed by atoms with Crippen LogP contribution >= 0.6 is 0 Å². The minimum absolute atomic E-state index is 0.00919. The van der Waals surface area contributed by atoms with E-state index < -0.39 is 24.8 Å². The van der Waals surface area contributed by atoms with Crippen molar-refractivity contribution < 1.29 is 27.4 Å². The van der Waals surface area contributed by atoms with Gasteiger partial charge in [0.1, 0.15) is 24.0 Å². The van der Waals surface area contributed by atoms with Crippen LogP contribution in [0.4, 0.5) is 13.2 Å². The summed E-state index contributed by atoms with van der Waals surface area (Å²) < 4.78 is 46.7. The topological polar surface area (TPSA) is 88.4 Å². The second-order valence-corrected chi connectivity index (χ2v) is 8.27. The highest BCUT2D eigenvalue weighted by Gasteiger charge is 2.28. The lowest BCUT2D eigenvalue weighted by Crippen LogP contribution is -2.28. The van der Waals surface area contributed by atoms with E-state index in [0.717, 1.165) is 6.42 Å². The summed E-state index contributed by atoms with van der Waals surface area (Å²) in [5.41, 5.74) is 4.03. The number of hydrogen-bond donors (Lipinski definition) is 1. The van der Waals surface area contributed by atoms with Gasteiger partial charge in [0, 0.05) is 0 Å². The summed E-state index contributed by atoms with van der Waals surface area (Å²) in [5, 5.41) is 12.8. The van der Waals surface area contributed by atoms with Gasteiger partial charge in [-0.2, -0.15) is 13.2 Å². The highest BCUT2D eigenvalue weighted by Crippen LogP contribution is 2.26. The third-order valence-electron chi connectivity index (χ3n) is 4.18. The molecular weight excluding hydrogens is 427 g/mol. The summed E-state index contributed by atoms with van der Waals surface area (Å²) in [6, 6.07) is 2.48. The van der Waals surface area contributed by atoms with Crippen LogP contribution in [0.5, 0.6) is 5.75 Å². The molecular formula is C21H28F3N5O3. The van der Waals surface area contributed by atoms with Crippen LogP contribution in [0.15, 0.2) is 46.3 Å². The van der Waals surface area contributed by atoms with E-state index in [1.165, 1.54) is 23.5 Å². The predicted molar refractivity (Wildman–Crippen MR) is 110 cm³/mol. The molecule has 0 saturated carbocycles. The zero-order valence-electron chi connectivity index (χ0n) is 18.6. The number of alkyl halides is 3. The molecule has 0 aliphatic carbocycles. The van der Waals surface area contributed by atoms with Gasteiger partial charge in [-0.15, -0.1) is 5.11 Å². The van der Waals surface area contributed by atoms with Crippen molar-refractivity contribution in [2.24, 2.45) is 15.8 Å². The van der Waals surface area contributed by atoms with E-state index in [0.29, 0.717) is 17.9 Å². The lowest BCUT2D eigenvalue weighted by Gasteiger charge is -2.23. The molecule has 1 N–H and O–H groups in total. The Bertz CT molecular complexity index is 857. The number of carbonyl (C=O) groups excluding carboxylic acids is 1. The Kier molecular flexibility index (Phi) is 8.80. The van der Waals surface area contributed by atoms with Crippen molar-refractivity contribution in [3.63, 3.8) is 0 Å². The van der Waals surface area contributed by atoms with Gasteiger partial charge >= 0.3 is 12.1 Å². The summed E-state index contributed by atoms with van der Waals surface area (Å²) in [6.45, 7) is 7.47. The molecule has 0 bridgehead atoms. The average Bonchev–Trinajstić information content (AvgIpc) is 2.70. The molecule has 1 aromatic rings. The van der Waals surface area contributed by atoms with Crippen molar-refractivity contribution in [1.82, 2.24) is 15.3 Å². The first kappa shape index (κ1) is 25.4. The number of ether oxygens (including phenoxy) is 2. The van der Waals surface area contributed by atoms with Crippen molar-refractivity contribution in [2.45, 2.75) is 46.3 Å². The van der Waals surface area contributed by atoms with Crippen molar-refractivity contribution in [3.8, 4) is 5.75 Å². The Morgan fingerprint density at radius 3 is 2.56 bits per heavy atom. The van der Waals surface area contributed by atoms with Crippen LogP contribution < -0.4 is 10.1 Å². The fraction of sp³-hybridized carbons (Fsp3) is 0.571. The number of aromatic nitrogens is 1. The molecule has 0 saturated heterocycles. The molecule has 0 spiro atoms. The normalized spacial score (nSPS) is 14.8. The Balaban J connectivity index is 2.17. The van der Waals surface area contributed by atoms with E-state index in [2.05, 4.69) is 47.1 Å². The number of nitrogens with zero attached hydrogens (tertiary/aromatic N) is 4. The lowest BCUT2D eigenvalue weighted by atomic mass is 9.92. The van der Waals surface area contributed by atoms with Crippen molar-refractivity contribution in [3.05, 3.63) is 41.7 Å². The summed E-state index contributed by atoms with van der Waals surface area (Å²) in [6.07, 6.45) is -0.849. The van der Waals surface area contributed by atoms with E-state index in [1.807, 2.05) is 0 Å². The van der Waals surface area contributed by atoms with Crippen LogP contribution in [-0.4, -0.2) is 48.4 Å². The Morgan fingerprint density at radius 2 is 2.03 bits per heavy atom. The average molecular weight is 455 g/mol. The zero-order valence-corrected chi connectivity index (χ0v) is 18.6. The van der Waals surface area contributed by atoms with E-state index >= 15 is 0 Å². The molecule has 0 radical (unpaired) electrons. The van der Waals surface area contributed by atoms with Crippen LogP contribution in [0.2, 0.25) is 0 Å². The minimum Gasteiger partial charge on any atom is -0.483 e. The first-order valence-electron chi connectivity index (χ1n) is 10.2. The van der Waals surface area contributed by atoms with Gasteiger partial charge in [-0.25, -0.2) is 5.01 Å². The Morgan fingerprint density at radius 1 is 1.28 bits per heavy atom. The van der Waals surface area contributed by atoms with Crippen molar-refractivity contribution in [1.29, 1.82) is 0 Å². The number of carbonyl (C=O) groups is 1. The number of nitrogens with one attached hydrogen (secondary N) is 1. The van der Waals surface area contributed by atoms with E-state index in [1.54, 1.807) is 13.0 Å². The number of halogens is 3. The monoisotopic (exact) mass is 455 g/mol. The molecule has 176 valence electrons. The van der Waals surface area contributed by atoms with Gasteiger partial charge < -0.3 is 14.8 Å². The first-order valence-corrected chi connectivity index (χ1v) is 10.2. The fourth-order valence-electron chi connectivity index (χ4n) is 2.60. The fourth-order valence-corrected chi connectivity index (χ4v) is 2.60. The van der Waals surface area contributed by atoms with Crippen molar-refractivity contribution in [2.75, 3.05) is 26.3 Å². The van der Waals surface area contributed by atoms with Gasteiger partial charge in [-0.3, -0.25) is 9.78 Å². The third-order valence-corrected chi connectivity index (χ3v) is 4.18. The molecule has 1 aromatic heterocycles. The molecule has 1 unspecified atom stereocenters. The van der Waals surface area contributed by atoms with E-state index in [9.17, 15) is 18.0 Å². The van der Waals surface area contributed by atoms with Crippen LogP contribution in [-0.2, 0) is 9.53 Å². The predicted octanol–water partition coefficient (Wildman–Crippen LogP) is 4.33. The molecule has 8 nitrogen and oxygen atoms in total. The number of pyridine rings is 1. The van der Waals surface area contributed by atoms with E-state index in [4.69, 9.17) is 9.47 Å². The highest BCUT2D eigenvalue weighted by atomic mass is 19.4. The molecule has 0 fully saturated rings. The molecule has 1 aliphatic heterocycles. The Labute approximate surface area is 185 Å². The van der Waals surface area contributed by atoms with Crippen molar-refractivity contribution >= 4 is 5.97 Å². The van der Waals surface area contributed by atoms with Gasteiger partial charge in [0.05, 0.1) is 24.7 Å². The molecule has 0 amide bonds. The van der Waals surface area contributed by atoms with Gasteiger partial charge in [-0.05, 0) is 37.4 Å². The van der Waals surface area contributed by atoms with Crippen LogP contribution in [0.1, 0.15) is 45.9 Å². The zero-order chi connectivity index (χ0) is 23.8. The maximum absolute atomic E-state index is 12.4. The van der Waals surface area contributed by atoms with Gasteiger partial charge in [0.15, 0.2) is 6.61 Å². The van der Waals surface area contributed by atoms with Gasteiger partial charge in [-0.1, -0.05) is 31.7 Å². The van der Waals surface area contributed by atoms with Gasteiger partial charge in [0.2, 0.25) is 0 Å². The second kappa shape index (κ2) is 11.1. The molecule has 2 heterocycles. The number of rotatable bonds is 10. The largest absolute Gasteiger partial charge is 0.483 e. The third kappa shape index (κ3) is 9.07. The lowest BCUT2D eigenvalue weighted by molar-refractivity contribution is -0.153. The van der Waals surface area contributed by atoms with E-state index in [-0.39, 0.29) is 24.3 Å². The molecule has 2 rings (SSSR count). The SMILES string of the molecule is CCOC(=O)CN1C=C=C(C(NCCC(C)(C)C)c2ccc(OCC(F)(F)F)cn2)N=N1. The molecule has 1 atom stereocenters. The standard InChI is InChI=1S/C21H28F3N5O3/c1-5-31-18(30)13-29-11-8-17(27-28-29)19(25-10-9-20(2,3)4)16-7-6-15(12-26-16)32-14-21(22,23)24/h6-7,11-12,19,25H,5,9-10,13-14H2,1-4H3. The highest BCUT2D eigenvalue weighted by molar-refractivity contribution is 5.71. The number of hydrogen-bond acceptors (Lipinski definition) is 8. The van der Waals surface area contributed by atoms with Crippen LogP contribution in [0.3, 0.4) is 0 Å². The van der Waals surface area contributed by atoms with Gasteiger partial charge in [0.25, 0.3) is 0 Å². The molecule has 1 aliphatic rings. The van der Waals surface area contributed by atoms with Crippen LogP contribution in [0, 0.1) is 5.41 Å². The summed E-state index contributed by atoms with van der Waals surface area (Å²) in [5.74, 6) is -0.432. The molecule has 11 heteroatoms. The smallest absolute Gasteiger partial charge is 0.422 e. The first-order chi connectivity index (χ1) is 15.0. The van der Waals surface area contributed by atoms with Crippen LogP contribution in [0.25, 0.3) is 0 Å². The summed E-state index contributed by atoms with van der Waals surface area (Å²) in [4.78, 5) is 15.8. The number of esters is 1. The summed E-state index contributed by atoms with van der Waals surface area (Å²) in [7, 11) is 0. The molecule has 32 heavy (non-hydrogen) atoms. The summed E-state index contributed by atoms with van der Waals surface area (Å²) >= 11 is 0. The second-order valence-electron chi connectivity index (χ2n) is 8.27. The minimum atomic E-state index is -4.43. The molecule has 0 aromatic carbocycles.